The van der Waals surface area contributed by atoms with E-state index in [4.69, 9.17) is 0 Å². The Morgan fingerprint density at radius 3 is 2.55 bits per heavy atom. The van der Waals surface area contributed by atoms with Crippen molar-refractivity contribution in [1.82, 2.24) is 5.32 Å². The highest BCUT2D eigenvalue weighted by Gasteiger charge is 2.03. The van der Waals surface area contributed by atoms with Gasteiger partial charge >= 0.3 is 0 Å². The normalized spacial score (nSPS) is 10.1. The van der Waals surface area contributed by atoms with Crippen LogP contribution < -0.4 is 10.6 Å². The molecule has 0 atom stereocenters. The number of anilines is 1. The van der Waals surface area contributed by atoms with Crippen molar-refractivity contribution in [3.63, 3.8) is 0 Å². The second-order valence-electron chi connectivity index (χ2n) is 4.42. The lowest BCUT2D eigenvalue weighted by Gasteiger charge is -2.08. The largest absolute Gasteiger partial charge is 0.381 e. The van der Waals surface area contributed by atoms with Crippen molar-refractivity contribution >= 4 is 11.6 Å². The fourth-order valence-corrected chi connectivity index (χ4v) is 1.85. The van der Waals surface area contributed by atoms with E-state index in [-0.39, 0.29) is 11.7 Å². The van der Waals surface area contributed by atoms with E-state index in [0.717, 1.165) is 11.3 Å². The van der Waals surface area contributed by atoms with Crippen LogP contribution in [0, 0.1) is 5.82 Å². The summed E-state index contributed by atoms with van der Waals surface area (Å²) in [4.78, 5) is 11.6. The molecule has 1 amide bonds. The van der Waals surface area contributed by atoms with Crippen LogP contribution in [0.4, 0.5) is 10.1 Å². The molecule has 20 heavy (non-hydrogen) atoms. The second-order valence-corrected chi connectivity index (χ2v) is 4.42. The van der Waals surface area contributed by atoms with Crippen LogP contribution in [0.2, 0.25) is 0 Å². The monoisotopic (exact) mass is 272 g/mol. The van der Waals surface area contributed by atoms with Crippen LogP contribution in [-0.4, -0.2) is 12.5 Å². The Kier molecular flexibility index (Phi) is 4.71. The van der Waals surface area contributed by atoms with Crippen LogP contribution in [0.1, 0.15) is 22.8 Å². The van der Waals surface area contributed by atoms with Gasteiger partial charge in [-0.3, -0.25) is 4.79 Å². The van der Waals surface area contributed by atoms with Crippen LogP contribution in [0.5, 0.6) is 0 Å². The Balaban J connectivity index is 1.95. The Morgan fingerprint density at radius 2 is 1.90 bits per heavy atom. The highest BCUT2D eigenvalue weighted by Crippen LogP contribution is 2.12. The van der Waals surface area contributed by atoms with Crippen LogP contribution >= 0.6 is 0 Å². The lowest BCUT2D eigenvalue weighted by Crippen LogP contribution is -2.22. The summed E-state index contributed by atoms with van der Waals surface area (Å²) in [5, 5.41) is 5.93. The number of halogens is 1. The minimum Gasteiger partial charge on any atom is -0.381 e. The molecule has 0 saturated heterocycles. The van der Waals surface area contributed by atoms with Gasteiger partial charge in [-0.2, -0.15) is 0 Å². The van der Waals surface area contributed by atoms with Crippen molar-refractivity contribution in [2.75, 3.05) is 11.9 Å². The van der Waals surface area contributed by atoms with E-state index < -0.39 is 0 Å². The molecule has 3 nitrogen and oxygen atoms in total. The predicted octanol–water partition coefficient (Wildman–Crippen LogP) is 3.19. The smallest absolute Gasteiger partial charge is 0.251 e. The number of hydrogen-bond donors (Lipinski definition) is 2. The maximum Gasteiger partial charge on any atom is 0.251 e. The lowest BCUT2D eigenvalue weighted by molar-refractivity contribution is 0.0956. The van der Waals surface area contributed by atoms with Gasteiger partial charge in [0.15, 0.2) is 0 Å². The van der Waals surface area contributed by atoms with Gasteiger partial charge in [0.1, 0.15) is 5.82 Å². The molecular weight excluding hydrogens is 255 g/mol. The number of hydrogen-bond acceptors (Lipinski definition) is 2. The molecule has 0 fully saturated rings. The first-order chi connectivity index (χ1) is 9.69. The number of carbonyl (C=O) groups is 1. The van der Waals surface area contributed by atoms with Crippen LogP contribution in [0.15, 0.2) is 48.5 Å². The first-order valence-electron chi connectivity index (χ1n) is 6.55. The topological polar surface area (TPSA) is 41.1 Å². The minimum atomic E-state index is -0.240. The summed E-state index contributed by atoms with van der Waals surface area (Å²) in [7, 11) is 0. The Labute approximate surface area is 117 Å². The zero-order chi connectivity index (χ0) is 14.4. The van der Waals surface area contributed by atoms with E-state index in [1.54, 1.807) is 18.2 Å². The summed E-state index contributed by atoms with van der Waals surface area (Å²) in [5.41, 5.74) is 2.39. The van der Waals surface area contributed by atoms with Gasteiger partial charge in [-0.1, -0.05) is 12.1 Å². The van der Waals surface area contributed by atoms with Crippen LogP contribution in [-0.2, 0) is 6.54 Å². The van der Waals surface area contributed by atoms with Gasteiger partial charge < -0.3 is 10.6 Å². The maximum atomic E-state index is 13.0. The highest BCUT2D eigenvalue weighted by molar-refractivity contribution is 5.94. The fourth-order valence-electron chi connectivity index (χ4n) is 1.85. The number of carbonyl (C=O) groups excluding carboxylic acids is 1. The number of benzene rings is 2. The Hall–Kier alpha value is -2.36. The van der Waals surface area contributed by atoms with Gasteiger partial charge in [0.25, 0.3) is 5.91 Å². The quantitative estimate of drug-likeness (QED) is 0.877. The molecule has 2 N–H and O–H groups in total. The van der Waals surface area contributed by atoms with E-state index in [0.29, 0.717) is 18.7 Å². The SMILES string of the molecule is CCNC(=O)c1ccc(NCc2cccc(F)c2)cc1. The molecule has 0 aliphatic rings. The highest BCUT2D eigenvalue weighted by atomic mass is 19.1. The molecule has 0 unspecified atom stereocenters. The van der Waals surface area contributed by atoms with Gasteiger partial charge in [0, 0.05) is 24.3 Å². The lowest BCUT2D eigenvalue weighted by atomic mass is 10.1. The average Bonchev–Trinajstić information content (AvgIpc) is 2.46. The molecule has 0 aliphatic heterocycles. The molecule has 0 saturated carbocycles. The van der Waals surface area contributed by atoms with Gasteiger partial charge in [0.05, 0.1) is 0 Å². The second kappa shape index (κ2) is 6.70. The molecule has 2 aromatic rings. The van der Waals surface area contributed by atoms with Crippen molar-refractivity contribution in [2.24, 2.45) is 0 Å². The summed E-state index contributed by atoms with van der Waals surface area (Å²) < 4.78 is 13.0. The van der Waals surface area contributed by atoms with E-state index in [9.17, 15) is 9.18 Å². The summed E-state index contributed by atoms with van der Waals surface area (Å²) in [6.07, 6.45) is 0. The van der Waals surface area contributed by atoms with Gasteiger partial charge in [-0.25, -0.2) is 4.39 Å². The molecule has 2 aromatic carbocycles. The Morgan fingerprint density at radius 1 is 1.15 bits per heavy atom. The third-order valence-corrected chi connectivity index (χ3v) is 2.87. The van der Waals surface area contributed by atoms with Crippen molar-refractivity contribution in [3.8, 4) is 0 Å². The molecule has 0 aliphatic carbocycles. The third-order valence-electron chi connectivity index (χ3n) is 2.87. The van der Waals surface area contributed by atoms with Crippen molar-refractivity contribution in [2.45, 2.75) is 13.5 Å². The molecule has 4 heteroatoms. The molecule has 0 bridgehead atoms. The van der Waals surface area contributed by atoms with Gasteiger partial charge in [-0.15, -0.1) is 0 Å². The molecule has 0 aromatic heterocycles. The third kappa shape index (κ3) is 3.82. The summed E-state index contributed by atoms with van der Waals surface area (Å²) in [5.74, 6) is -0.319. The minimum absolute atomic E-state index is 0.0795. The van der Waals surface area contributed by atoms with E-state index in [1.807, 2.05) is 25.1 Å². The standard InChI is InChI=1S/C16H17FN2O/c1-2-18-16(20)13-6-8-15(9-7-13)19-11-12-4-3-5-14(17)10-12/h3-10,19H,2,11H2,1H3,(H,18,20). The van der Waals surface area contributed by atoms with Crippen molar-refractivity contribution in [3.05, 3.63) is 65.5 Å². The number of nitrogens with one attached hydrogen (secondary N) is 2. The predicted molar refractivity (Wildman–Crippen MR) is 78.2 cm³/mol. The number of rotatable bonds is 5. The molecule has 2 rings (SSSR count). The summed E-state index contributed by atoms with van der Waals surface area (Å²) >= 11 is 0. The molecule has 104 valence electrons. The van der Waals surface area contributed by atoms with Crippen molar-refractivity contribution < 1.29 is 9.18 Å². The Bertz CT molecular complexity index is 581. The van der Waals surface area contributed by atoms with E-state index >= 15 is 0 Å². The first kappa shape index (κ1) is 14.1. The van der Waals surface area contributed by atoms with Crippen LogP contribution in [0.3, 0.4) is 0 Å². The fraction of sp³-hybridized carbons (Fsp3) is 0.188. The zero-order valence-electron chi connectivity index (χ0n) is 11.3. The molecular formula is C16H17FN2O. The first-order valence-corrected chi connectivity index (χ1v) is 6.55. The van der Waals surface area contributed by atoms with E-state index in [1.165, 1.54) is 12.1 Å². The maximum absolute atomic E-state index is 13.0. The summed E-state index contributed by atoms with van der Waals surface area (Å²) in [6.45, 7) is 3.03. The van der Waals surface area contributed by atoms with Crippen LogP contribution in [0.25, 0.3) is 0 Å². The van der Waals surface area contributed by atoms with Gasteiger partial charge in [-0.05, 0) is 48.9 Å². The molecule has 0 spiro atoms. The van der Waals surface area contributed by atoms with E-state index in [2.05, 4.69) is 10.6 Å². The summed E-state index contributed by atoms with van der Waals surface area (Å²) in [6, 6.07) is 13.7. The van der Waals surface area contributed by atoms with Gasteiger partial charge in [0.2, 0.25) is 0 Å². The zero-order valence-corrected chi connectivity index (χ0v) is 11.3. The average molecular weight is 272 g/mol. The molecule has 0 radical (unpaired) electrons. The number of amides is 1. The molecule has 0 heterocycles. The van der Waals surface area contributed by atoms with Crippen molar-refractivity contribution in [1.29, 1.82) is 0 Å².